The van der Waals surface area contributed by atoms with Crippen molar-refractivity contribution in [2.24, 2.45) is 30.7 Å². The number of hydrogen-bond donors (Lipinski definition) is 2. The number of hydrogen-bond acceptors (Lipinski definition) is 20. The van der Waals surface area contributed by atoms with Gasteiger partial charge in [-0.2, -0.15) is 27.5 Å². The molecule has 8 aromatic carbocycles. The molecule has 0 aliphatic carbocycles. The van der Waals surface area contributed by atoms with E-state index in [1.165, 1.54) is 24.3 Å². The maximum absolute atomic E-state index is 12.2. The number of azo groups is 3. The van der Waals surface area contributed by atoms with Gasteiger partial charge in [0.15, 0.2) is 0 Å². The van der Waals surface area contributed by atoms with Crippen molar-refractivity contribution in [1.82, 2.24) is 0 Å². The first-order valence-electron chi connectivity index (χ1n) is 17.7. The molecule has 0 spiro atoms. The number of benzene rings is 8. The molecule has 0 radical (unpaired) electrons. The molecule has 0 amide bonds. The van der Waals surface area contributed by atoms with Crippen LogP contribution in [0.15, 0.2) is 167 Å². The Balaban J connectivity index is 0.00000147. The van der Waals surface area contributed by atoms with Gasteiger partial charge in [-0.3, -0.25) is 0 Å². The van der Waals surface area contributed by atoms with Crippen molar-refractivity contribution in [3.63, 3.8) is 0 Å². The predicted octanol–water partition coefficient (Wildman–Crippen LogP) is -3.64. The van der Waals surface area contributed by atoms with Gasteiger partial charge in [-0.05, 0) is 60.7 Å². The summed E-state index contributed by atoms with van der Waals surface area (Å²) in [5.41, 5.74) is 7.10. The molecule has 0 aromatic heterocycles. The Kier molecular flexibility index (Phi) is 20.9. The monoisotopic (exact) mass is 1030 g/mol. The number of phenolic OH excluding ortho intramolecular Hbond substituents is 1. The van der Waals surface area contributed by atoms with Crippen LogP contribution in [0.5, 0.6) is 5.75 Å². The van der Waals surface area contributed by atoms with E-state index in [9.17, 15) is 44.0 Å². The molecule has 3 N–H and O–H groups in total. The van der Waals surface area contributed by atoms with Crippen LogP contribution in [-0.2, 0) is 41.0 Å². The molecule has 0 fully saturated rings. The number of rotatable bonds is 9. The normalized spacial score (nSPS) is 11.8. The number of aromatic hydroxyl groups is 1. The largest absolute Gasteiger partial charge is 1.00 e. The fourth-order valence-electron chi connectivity index (χ4n) is 6.52. The Hall–Kier alpha value is -3.45. The average molecular weight is 1030 g/mol. The van der Waals surface area contributed by atoms with E-state index in [4.69, 9.17) is 18.4 Å². The summed E-state index contributed by atoms with van der Waals surface area (Å²) in [7, 11) is -18.2. The van der Waals surface area contributed by atoms with Crippen molar-refractivity contribution >= 4 is 124 Å². The van der Waals surface area contributed by atoms with Crippen LogP contribution in [0.2, 0.25) is 0 Å². The summed E-state index contributed by atoms with van der Waals surface area (Å²) in [5, 5.41) is 38.5. The van der Waals surface area contributed by atoms with Gasteiger partial charge in [-0.25, -0.2) is 25.3 Å². The molecular formula is C40H23N7Na4O13S4. The third-order valence-electron chi connectivity index (χ3n) is 9.27. The van der Waals surface area contributed by atoms with Gasteiger partial charge in [0.25, 0.3) is 0 Å². The summed E-state index contributed by atoms with van der Waals surface area (Å²) in [6.07, 6.45) is 0. The number of nitrogen functional groups attached to an aromatic ring is 1. The minimum absolute atomic E-state index is 0. The first-order chi connectivity index (χ1) is 30.2. The second-order valence-corrected chi connectivity index (χ2v) is 17.7. The van der Waals surface area contributed by atoms with Crippen molar-refractivity contribution < 1.29 is 175 Å². The van der Waals surface area contributed by atoms with Crippen molar-refractivity contribution in [3.8, 4) is 5.75 Å². The Bertz CT molecular complexity index is 3830. The van der Waals surface area contributed by atoms with Crippen LogP contribution in [0.1, 0.15) is 0 Å². The van der Waals surface area contributed by atoms with Crippen molar-refractivity contribution in [2.45, 2.75) is 14.7 Å². The van der Waals surface area contributed by atoms with Gasteiger partial charge in [0, 0.05) is 49.4 Å². The van der Waals surface area contributed by atoms with Crippen LogP contribution >= 0.6 is 0 Å². The van der Waals surface area contributed by atoms with Gasteiger partial charge in [0.05, 0.1) is 43.1 Å². The first-order valence-corrected chi connectivity index (χ1v) is 22.9. The fourth-order valence-corrected chi connectivity index (χ4v) is 8.41. The SMILES string of the molecule is Nc1ccc2c(O)c(N=Nc3ccc(N=Nc4ccc(N=Nc5cc(S(=O)(=O)[O-])c6cccc(S(=O)(=O)[O-])c6c5)c5ccccc45)c4ccc(S(=O)(=O)[O-])cc34)[c-]cc2c1.O=S(=O)=O.[Na+].[Na+].[Na+].[Na+]. The molecule has 8 rings (SSSR count). The molecule has 28 heteroatoms. The Morgan fingerprint density at radius 1 is 0.485 bits per heavy atom. The third-order valence-corrected chi connectivity index (χ3v) is 11.9. The van der Waals surface area contributed by atoms with Crippen LogP contribution in [0.25, 0.3) is 43.1 Å². The smallest absolute Gasteiger partial charge is 0.744 e. The molecule has 0 heterocycles. The summed E-state index contributed by atoms with van der Waals surface area (Å²) in [6.45, 7) is 0. The maximum atomic E-state index is 12.2. The van der Waals surface area contributed by atoms with E-state index in [0.29, 0.717) is 38.3 Å². The molecule has 0 saturated carbocycles. The predicted molar refractivity (Wildman–Crippen MR) is 227 cm³/mol. The minimum atomic E-state index is -5.15. The Labute approximate surface area is 476 Å². The van der Waals surface area contributed by atoms with Crippen molar-refractivity contribution in [3.05, 3.63) is 127 Å². The molecule has 8 aromatic rings. The number of nitrogens with two attached hydrogens (primary N) is 1. The quantitative estimate of drug-likeness (QED) is 0.0463. The molecule has 0 aliphatic rings. The summed E-state index contributed by atoms with van der Waals surface area (Å²) in [4.78, 5) is -2.06. The van der Waals surface area contributed by atoms with Gasteiger partial charge in [-0.1, -0.05) is 60.0 Å². The molecule has 0 unspecified atom stereocenters. The second-order valence-electron chi connectivity index (χ2n) is 13.3. The van der Waals surface area contributed by atoms with Gasteiger partial charge in [-0.15, -0.1) is 33.4 Å². The van der Waals surface area contributed by atoms with Gasteiger partial charge in [0.1, 0.15) is 30.4 Å². The average Bonchev–Trinajstić information content (AvgIpc) is 3.23. The van der Waals surface area contributed by atoms with E-state index in [1.807, 2.05) is 0 Å². The van der Waals surface area contributed by atoms with E-state index in [2.05, 4.69) is 36.8 Å². The van der Waals surface area contributed by atoms with E-state index >= 15 is 0 Å². The van der Waals surface area contributed by atoms with E-state index in [-0.39, 0.29) is 169 Å². The third kappa shape index (κ3) is 13.7. The zero-order valence-electron chi connectivity index (χ0n) is 35.8. The molecule has 0 atom stereocenters. The molecular weight excluding hydrogens is 1010 g/mol. The molecule has 68 heavy (non-hydrogen) atoms. The molecule has 324 valence electrons. The summed E-state index contributed by atoms with van der Waals surface area (Å²) < 4.78 is 134. The zero-order chi connectivity index (χ0) is 46.1. The summed E-state index contributed by atoms with van der Waals surface area (Å²) >= 11 is 0. The number of fused-ring (bicyclic) bond motifs is 4. The molecule has 0 aliphatic heterocycles. The van der Waals surface area contributed by atoms with E-state index in [1.54, 1.807) is 60.7 Å². The first kappa shape index (κ1) is 58.9. The van der Waals surface area contributed by atoms with Crippen LogP contribution in [0.4, 0.5) is 39.8 Å². The molecule has 0 saturated heterocycles. The molecule has 0 bridgehead atoms. The van der Waals surface area contributed by atoms with Crippen molar-refractivity contribution in [1.29, 1.82) is 0 Å². The van der Waals surface area contributed by atoms with Gasteiger partial charge < -0.3 is 24.5 Å². The van der Waals surface area contributed by atoms with E-state index < -0.39 is 55.6 Å². The standard InChI is InChI=1S/C40H26N7O10S3.4Na.O3S/c41-23-9-11-26-22(18-23)8-13-37(40(26)48)47-46-36-17-16-35(29-12-10-25(21-31(29)36)58(49,50)51)45-44-34-15-14-33(27-4-1-2-5-28(27)34)43-42-24-19-32-30(39(20-24)60(55,56)57)6-3-7-38(32)59(52,53)54;;;;;1-4(2)3/h1-12,14-21,48H,41H2,(H,49,50,51)(H,52,53,54)(H,55,56,57);;;;;/q-1;4*+1;/p-3. The van der Waals surface area contributed by atoms with Crippen LogP contribution in [0.3, 0.4) is 0 Å². The maximum Gasteiger partial charge on any atom is 1.00 e. The van der Waals surface area contributed by atoms with Crippen LogP contribution in [0, 0.1) is 6.07 Å². The summed E-state index contributed by atoms with van der Waals surface area (Å²) in [5.74, 6) is -0.210. The molecule has 20 nitrogen and oxygen atoms in total. The Morgan fingerprint density at radius 3 is 1.51 bits per heavy atom. The second kappa shape index (κ2) is 24.1. The van der Waals surface area contributed by atoms with E-state index in [0.717, 1.165) is 36.4 Å². The van der Waals surface area contributed by atoms with Gasteiger partial charge >= 0.3 is 129 Å². The van der Waals surface area contributed by atoms with Crippen LogP contribution < -0.4 is 124 Å². The topological polar surface area (TPSA) is 343 Å². The number of anilines is 1. The van der Waals surface area contributed by atoms with Gasteiger partial charge in [0.2, 0.25) is 0 Å². The minimum Gasteiger partial charge on any atom is -0.744 e. The fraction of sp³-hybridized carbons (Fsp3) is 0. The number of phenols is 1. The summed E-state index contributed by atoms with van der Waals surface area (Å²) in [6, 6.07) is 31.3. The van der Waals surface area contributed by atoms with Crippen LogP contribution in [-0.4, -0.2) is 56.6 Å². The Morgan fingerprint density at radius 2 is 0.971 bits per heavy atom. The zero-order valence-corrected chi connectivity index (χ0v) is 47.1. The van der Waals surface area contributed by atoms with Crippen molar-refractivity contribution in [2.75, 3.05) is 5.73 Å². The number of nitrogens with zero attached hydrogens (tertiary/aromatic N) is 6.